The van der Waals surface area contributed by atoms with Crippen LogP contribution in [0.5, 0.6) is 0 Å². The number of hydrogen-bond donors (Lipinski definition) is 0. The Morgan fingerprint density at radius 1 is 1.38 bits per heavy atom. The number of hydrogen-bond acceptors (Lipinski definition) is 3. The summed E-state index contributed by atoms with van der Waals surface area (Å²) in [5.41, 5.74) is 2.63. The van der Waals surface area contributed by atoms with Gasteiger partial charge in [0.05, 0.1) is 21.5 Å². The summed E-state index contributed by atoms with van der Waals surface area (Å²) in [5.74, 6) is 0.0825. The summed E-state index contributed by atoms with van der Waals surface area (Å²) < 4.78 is 3.03. The van der Waals surface area contributed by atoms with Crippen LogP contribution < -0.4 is 0 Å². The van der Waals surface area contributed by atoms with Crippen LogP contribution in [0.15, 0.2) is 24.3 Å². The third-order valence-electron chi connectivity index (χ3n) is 2.67. The molecule has 80 valence electrons. The molecule has 3 aromatic rings. The monoisotopic (exact) mass is 230 g/mol. The lowest BCUT2D eigenvalue weighted by Crippen LogP contribution is -1.91. The van der Waals surface area contributed by atoms with Crippen LogP contribution in [0.2, 0.25) is 0 Å². The van der Waals surface area contributed by atoms with Crippen LogP contribution in [-0.2, 0) is 0 Å². The number of carbonyl (C=O) groups is 1. The number of aryl methyl sites for hydroxylation is 1. The Balaban J connectivity index is 2.53. The normalized spacial score (nSPS) is 11.4. The van der Waals surface area contributed by atoms with Crippen LogP contribution in [0.25, 0.3) is 15.0 Å². The predicted molar refractivity (Wildman–Crippen MR) is 65.3 cm³/mol. The minimum absolute atomic E-state index is 0.0825. The minimum atomic E-state index is 0.0825. The van der Waals surface area contributed by atoms with Gasteiger partial charge in [-0.05, 0) is 26.0 Å². The van der Waals surface area contributed by atoms with Gasteiger partial charge in [-0.3, -0.25) is 4.79 Å². The summed E-state index contributed by atoms with van der Waals surface area (Å²) in [5, 5.41) is 4.43. The number of fused-ring (bicyclic) bond motifs is 3. The van der Waals surface area contributed by atoms with Gasteiger partial charge < -0.3 is 0 Å². The van der Waals surface area contributed by atoms with E-state index in [4.69, 9.17) is 0 Å². The summed E-state index contributed by atoms with van der Waals surface area (Å²) in [6.45, 7) is 3.47. The summed E-state index contributed by atoms with van der Waals surface area (Å²) in [4.78, 5) is 12.5. The first-order valence-corrected chi connectivity index (χ1v) is 5.88. The van der Waals surface area contributed by atoms with Gasteiger partial charge in [0.25, 0.3) is 0 Å². The molecule has 0 aliphatic carbocycles. The molecule has 0 N–H and O–H groups in total. The van der Waals surface area contributed by atoms with Crippen molar-refractivity contribution in [1.29, 1.82) is 0 Å². The fourth-order valence-electron chi connectivity index (χ4n) is 1.99. The molecule has 0 fully saturated rings. The first kappa shape index (κ1) is 9.54. The van der Waals surface area contributed by atoms with Gasteiger partial charge in [-0.2, -0.15) is 5.10 Å². The third-order valence-corrected chi connectivity index (χ3v) is 3.81. The fraction of sp³-hybridized carbons (Fsp3) is 0.167. The molecule has 4 heteroatoms. The molecule has 0 aliphatic heterocycles. The molecule has 0 bridgehead atoms. The molecule has 0 saturated heterocycles. The van der Waals surface area contributed by atoms with Crippen molar-refractivity contribution in [3.05, 3.63) is 35.5 Å². The molecular formula is C12H10N2OS. The molecule has 0 radical (unpaired) electrons. The standard InChI is InChI=1S/C12H10N2OS/c1-7-11(8(2)15)12-14(13-7)9-5-3-4-6-10(9)16-12/h3-6H,1-2H3. The Bertz CT molecular complexity index is 708. The van der Waals surface area contributed by atoms with Crippen molar-refractivity contribution in [2.24, 2.45) is 0 Å². The average molecular weight is 230 g/mol. The van der Waals surface area contributed by atoms with Crippen molar-refractivity contribution < 1.29 is 4.79 Å². The number of nitrogens with zero attached hydrogens (tertiary/aromatic N) is 2. The Hall–Kier alpha value is -1.68. The maximum Gasteiger partial charge on any atom is 0.164 e. The van der Waals surface area contributed by atoms with Gasteiger partial charge in [-0.25, -0.2) is 4.52 Å². The van der Waals surface area contributed by atoms with Gasteiger partial charge in [0.15, 0.2) is 5.78 Å². The zero-order valence-corrected chi connectivity index (χ0v) is 9.84. The number of rotatable bonds is 1. The number of thiazole rings is 1. The van der Waals surface area contributed by atoms with Crippen LogP contribution >= 0.6 is 11.3 Å². The lowest BCUT2D eigenvalue weighted by atomic mass is 10.2. The van der Waals surface area contributed by atoms with Crippen molar-refractivity contribution in [3.63, 3.8) is 0 Å². The van der Waals surface area contributed by atoms with Crippen molar-refractivity contribution in [2.45, 2.75) is 13.8 Å². The van der Waals surface area contributed by atoms with E-state index in [-0.39, 0.29) is 5.78 Å². The highest BCUT2D eigenvalue weighted by atomic mass is 32.1. The third kappa shape index (κ3) is 1.13. The van der Waals surface area contributed by atoms with Gasteiger partial charge in [0.2, 0.25) is 0 Å². The maximum atomic E-state index is 11.6. The van der Waals surface area contributed by atoms with E-state index < -0.39 is 0 Å². The van der Waals surface area contributed by atoms with E-state index in [9.17, 15) is 4.79 Å². The molecule has 0 atom stereocenters. The van der Waals surface area contributed by atoms with Crippen molar-refractivity contribution in [2.75, 3.05) is 0 Å². The highest BCUT2D eigenvalue weighted by Gasteiger charge is 2.17. The molecule has 0 aliphatic rings. The van der Waals surface area contributed by atoms with E-state index >= 15 is 0 Å². The smallest absolute Gasteiger partial charge is 0.164 e. The second-order valence-corrected chi connectivity index (χ2v) is 4.83. The summed E-state index contributed by atoms with van der Waals surface area (Å²) in [6, 6.07) is 8.06. The van der Waals surface area contributed by atoms with Crippen molar-refractivity contribution in [1.82, 2.24) is 9.61 Å². The lowest BCUT2D eigenvalue weighted by molar-refractivity contribution is 0.101. The topological polar surface area (TPSA) is 34.4 Å². The molecule has 0 saturated carbocycles. The number of Topliss-reactive ketones (excluding diaryl/α,β-unsaturated/α-hetero) is 1. The molecule has 0 spiro atoms. The predicted octanol–water partition coefficient (Wildman–Crippen LogP) is 3.06. The second kappa shape index (κ2) is 3.15. The lowest BCUT2D eigenvalue weighted by Gasteiger charge is -1.89. The summed E-state index contributed by atoms with van der Waals surface area (Å²) in [6.07, 6.45) is 0. The number of ketones is 1. The summed E-state index contributed by atoms with van der Waals surface area (Å²) >= 11 is 1.62. The van der Waals surface area contributed by atoms with Gasteiger partial charge in [-0.1, -0.05) is 12.1 Å². The maximum absolute atomic E-state index is 11.6. The number of benzene rings is 1. The Morgan fingerprint density at radius 2 is 2.12 bits per heavy atom. The molecular weight excluding hydrogens is 220 g/mol. The van der Waals surface area contributed by atoms with E-state index in [1.807, 2.05) is 35.7 Å². The molecule has 0 amide bonds. The quantitative estimate of drug-likeness (QED) is 0.602. The SMILES string of the molecule is CC(=O)c1c(C)nn2c1sc1ccccc12. The molecule has 0 unspecified atom stereocenters. The summed E-state index contributed by atoms with van der Waals surface area (Å²) in [7, 11) is 0. The zero-order chi connectivity index (χ0) is 11.3. The van der Waals surface area contributed by atoms with Gasteiger partial charge in [0.1, 0.15) is 4.83 Å². The van der Waals surface area contributed by atoms with E-state index in [1.165, 1.54) is 0 Å². The van der Waals surface area contributed by atoms with E-state index in [1.54, 1.807) is 18.3 Å². The molecule has 3 nitrogen and oxygen atoms in total. The first-order chi connectivity index (χ1) is 7.68. The van der Waals surface area contributed by atoms with Crippen LogP contribution in [0.1, 0.15) is 23.0 Å². The number of carbonyl (C=O) groups excluding carboxylic acids is 1. The molecule has 2 heterocycles. The van der Waals surface area contributed by atoms with Crippen LogP contribution in [0.4, 0.5) is 0 Å². The fourth-order valence-corrected chi connectivity index (χ4v) is 3.22. The highest BCUT2D eigenvalue weighted by molar-refractivity contribution is 7.24. The van der Waals surface area contributed by atoms with Crippen LogP contribution in [-0.4, -0.2) is 15.4 Å². The van der Waals surface area contributed by atoms with Gasteiger partial charge in [0, 0.05) is 0 Å². The minimum Gasteiger partial charge on any atom is -0.294 e. The van der Waals surface area contributed by atoms with Crippen molar-refractivity contribution in [3.8, 4) is 0 Å². The zero-order valence-electron chi connectivity index (χ0n) is 9.02. The van der Waals surface area contributed by atoms with E-state index in [2.05, 4.69) is 5.10 Å². The van der Waals surface area contributed by atoms with Gasteiger partial charge in [-0.15, -0.1) is 11.3 Å². The molecule has 16 heavy (non-hydrogen) atoms. The van der Waals surface area contributed by atoms with Crippen LogP contribution in [0, 0.1) is 6.92 Å². The molecule has 2 aromatic heterocycles. The number of para-hydroxylation sites is 1. The first-order valence-electron chi connectivity index (χ1n) is 5.06. The highest BCUT2D eigenvalue weighted by Crippen LogP contribution is 2.30. The van der Waals surface area contributed by atoms with Gasteiger partial charge >= 0.3 is 0 Å². The Kier molecular flexibility index (Phi) is 1.88. The largest absolute Gasteiger partial charge is 0.294 e. The molecule has 3 rings (SSSR count). The van der Waals surface area contributed by atoms with E-state index in [0.29, 0.717) is 0 Å². The van der Waals surface area contributed by atoms with Crippen molar-refractivity contribution >= 4 is 32.2 Å². The number of aromatic nitrogens is 2. The van der Waals surface area contributed by atoms with E-state index in [0.717, 1.165) is 26.3 Å². The average Bonchev–Trinajstić information content (AvgIpc) is 2.71. The Labute approximate surface area is 96.3 Å². The molecule has 1 aromatic carbocycles. The van der Waals surface area contributed by atoms with Crippen LogP contribution in [0.3, 0.4) is 0 Å². The second-order valence-electron chi connectivity index (χ2n) is 3.80. The Morgan fingerprint density at radius 3 is 2.88 bits per heavy atom.